The second-order valence-corrected chi connectivity index (χ2v) is 13.6. The Hall–Kier alpha value is -4.00. The van der Waals surface area contributed by atoms with Gasteiger partial charge in [-0.25, -0.2) is 0 Å². The van der Waals surface area contributed by atoms with Crippen molar-refractivity contribution in [3.05, 3.63) is 140 Å². The summed E-state index contributed by atoms with van der Waals surface area (Å²) in [5.74, 6) is -0.488. The van der Waals surface area contributed by atoms with Gasteiger partial charge in [-0.05, 0) is 82.6 Å². The first-order chi connectivity index (χ1) is 21.4. The highest BCUT2D eigenvalue weighted by molar-refractivity contribution is 14.1. The smallest absolute Gasteiger partial charge is 0.301 e. The van der Waals surface area contributed by atoms with Crippen molar-refractivity contribution in [3.63, 3.8) is 0 Å². The SMILES string of the molecule is Cc1cccc(COc2ccc(/C(O)=C3\C(=O)C(=O)N(c4nnc(SCc5ccccc5)s4)C3c3ccc(I)cc3)cc2)c1. The van der Waals surface area contributed by atoms with Crippen LogP contribution >= 0.6 is 45.7 Å². The summed E-state index contributed by atoms with van der Waals surface area (Å²) in [5, 5.41) is 20.4. The molecule has 6 rings (SSSR count). The lowest BCUT2D eigenvalue weighted by Crippen LogP contribution is -2.29. The van der Waals surface area contributed by atoms with Crippen molar-refractivity contribution < 1.29 is 19.4 Å². The lowest BCUT2D eigenvalue weighted by molar-refractivity contribution is -0.132. The predicted octanol–water partition coefficient (Wildman–Crippen LogP) is 7.95. The lowest BCUT2D eigenvalue weighted by atomic mass is 9.95. The summed E-state index contributed by atoms with van der Waals surface area (Å²) < 4.78 is 7.60. The summed E-state index contributed by atoms with van der Waals surface area (Å²) in [4.78, 5) is 28.4. The predicted molar refractivity (Wildman–Crippen MR) is 182 cm³/mol. The van der Waals surface area contributed by atoms with Crippen LogP contribution < -0.4 is 9.64 Å². The number of hydrogen-bond donors (Lipinski definition) is 1. The van der Waals surface area contributed by atoms with E-state index in [9.17, 15) is 14.7 Å². The standard InChI is InChI=1S/C34H26IN3O4S2/c1-21-6-5-9-23(18-21)19-42-27-16-12-25(13-17-27)30(39)28-29(24-10-14-26(35)15-11-24)38(32(41)31(28)40)33-36-37-34(44-33)43-20-22-7-3-2-4-8-22/h2-18,29,39H,19-20H2,1H3/b30-28+. The summed E-state index contributed by atoms with van der Waals surface area (Å²) in [6, 6.07) is 31.6. The van der Waals surface area contributed by atoms with Crippen LogP contribution in [0, 0.1) is 10.5 Å². The first kappa shape index (κ1) is 30.0. The van der Waals surface area contributed by atoms with E-state index in [1.165, 1.54) is 28.0 Å². The van der Waals surface area contributed by atoms with Crippen molar-refractivity contribution in [2.75, 3.05) is 4.90 Å². The first-order valence-electron chi connectivity index (χ1n) is 13.7. The molecule has 1 atom stereocenters. The average molecular weight is 732 g/mol. The molecule has 7 nitrogen and oxygen atoms in total. The number of halogens is 1. The Labute approximate surface area is 276 Å². The van der Waals surface area contributed by atoms with Crippen molar-refractivity contribution in [1.82, 2.24) is 10.2 Å². The number of aryl methyl sites for hydroxylation is 1. The number of amides is 1. The number of aromatic nitrogens is 2. The molecule has 0 spiro atoms. The Kier molecular flexibility index (Phi) is 9.10. The van der Waals surface area contributed by atoms with Gasteiger partial charge in [0.25, 0.3) is 5.78 Å². The van der Waals surface area contributed by atoms with Gasteiger partial charge in [0.1, 0.15) is 18.1 Å². The van der Waals surface area contributed by atoms with Gasteiger partial charge in [0.2, 0.25) is 5.13 Å². The normalized spacial score (nSPS) is 16.0. The van der Waals surface area contributed by atoms with Crippen LogP contribution in [0.2, 0.25) is 0 Å². The van der Waals surface area contributed by atoms with E-state index in [1.807, 2.05) is 79.7 Å². The molecule has 10 heteroatoms. The molecule has 1 aliphatic heterocycles. The monoisotopic (exact) mass is 731 g/mol. The molecule has 4 aromatic carbocycles. The van der Waals surface area contributed by atoms with E-state index in [1.54, 1.807) is 24.3 Å². The molecule has 5 aromatic rings. The van der Waals surface area contributed by atoms with Crippen molar-refractivity contribution in [2.45, 2.75) is 29.7 Å². The number of anilines is 1. The van der Waals surface area contributed by atoms with Crippen molar-refractivity contribution >= 4 is 68.3 Å². The molecular weight excluding hydrogens is 705 g/mol. The highest BCUT2D eigenvalue weighted by Gasteiger charge is 2.48. The summed E-state index contributed by atoms with van der Waals surface area (Å²) in [6.07, 6.45) is 0. The first-order valence-corrected chi connectivity index (χ1v) is 16.6. The number of carbonyl (C=O) groups is 2. The van der Waals surface area contributed by atoms with E-state index in [2.05, 4.69) is 38.9 Å². The van der Waals surface area contributed by atoms with Crippen LogP contribution in [0.5, 0.6) is 5.75 Å². The maximum atomic E-state index is 13.5. The summed E-state index contributed by atoms with van der Waals surface area (Å²) in [6.45, 7) is 2.43. The lowest BCUT2D eigenvalue weighted by Gasteiger charge is -2.22. The zero-order chi connectivity index (χ0) is 30.6. The Balaban J connectivity index is 1.30. The third-order valence-electron chi connectivity index (χ3n) is 7.05. The van der Waals surface area contributed by atoms with Crippen LogP contribution in [0.3, 0.4) is 0 Å². The van der Waals surface area contributed by atoms with Crippen LogP contribution in [-0.4, -0.2) is 27.0 Å². The minimum atomic E-state index is -0.871. The second kappa shape index (κ2) is 13.3. The van der Waals surface area contributed by atoms with Crippen LogP contribution in [0.4, 0.5) is 5.13 Å². The van der Waals surface area contributed by atoms with Gasteiger partial charge in [-0.1, -0.05) is 95.4 Å². The quantitative estimate of drug-likeness (QED) is 0.0411. The van der Waals surface area contributed by atoms with Gasteiger partial charge in [-0.3, -0.25) is 14.5 Å². The number of Topliss-reactive ketones (excluding diaryl/α,β-unsaturated/α-hetero) is 1. The number of aliphatic hydroxyl groups is 1. The van der Waals surface area contributed by atoms with E-state index in [0.29, 0.717) is 38.7 Å². The van der Waals surface area contributed by atoms with Gasteiger partial charge in [0.05, 0.1) is 11.6 Å². The van der Waals surface area contributed by atoms with Crippen LogP contribution in [0.1, 0.15) is 33.9 Å². The van der Waals surface area contributed by atoms with Crippen LogP contribution in [0.25, 0.3) is 5.76 Å². The molecule has 44 heavy (non-hydrogen) atoms. The second-order valence-electron chi connectivity index (χ2n) is 10.1. The van der Waals surface area contributed by atoms with E-state index < -0.39 is 17.7 Å². The number of benzene rings is 4. The van der Waals surface area contributed by atoms with Gasteiger partial charge in [-0.2, -0.15) is 0 Å². The van der Waals surface area contributed by atoms with E-state index in [4.69, 9.17) is 4.74 Å². The molecule has 1 unspecified atom stereocenters. The third-order valence-corrected chi connectivity index (χ3v) is 9.90. The van der Waals surface area contributed by atoms with Gasteiger partial charge in [0.15, 0.2) is 4.34 Å². The zero-order valence-electron chi connectivity index (χ0n) is 23.5. The molecular formula is C34H26IN3O4S2. The molecule has 1 N–H and O–H groups in total. The van der Waals surface area contributed by atoms with Crippen molar-refractivity contribution in [3.8, 4) is 5.75 Å². The fourth-order valence-corrected chi connectivity index (χ4v) is 7.08. The Morgan fingerprint density at radius 3 is 2.39 bits per heavy atom. The highest BCUT2D eigenvalue weighted by Crippen LogP contribution is 2.44. The minimum absolute atomic E-state index is 0.00155. The Morgan fingerprint density at radius 2 is 1.66 bits per heavy atom. The molecule has 1 fully saturated rings. The Morgan fingerprint density at radius 1 is 0.932 bits per heavy atom. The number of rotatable bonds is 9. The molecule has 1 aliphatic rings. The largest absolute Gasteiger partial charge is 0.507 e. The fourth-order valence-electron chi connectivity index (χ4n) is 4.90. The molecule has 1 amide bonds. The number of ketones is 1. The van der Waals surface area contributed by atoms with Crippen LogP contribution in [0.15, 0.2) is 113 Å². The fraction of sp³-hybridized carbons (Fsp3) is 0.118. The number of aliphatic hydroxyl groups excluding tert-OH is 1. The molecule has 0 aliphatic carbocycles. The number of ether oxygens (including phenoxy) is 1. The maximum absolute atomic E-state index is 13.5. The number of carbonyl (C=O) groups excluding carboxylic acids is 2. The van der Waals surface area contributed by atoms with Gasteiger partial charge in [0, 0.05) is 14.9 Å². The van der Waals surface area contributed by atoms with Gasteiger partial charge < -0.3 is 9.84 Å². The van der Waals surface area contributed by atoms with Gasteiger partial charge in [-0.15, -0.1) is 10.2 Å². The molecule has 2 heterocycles. The number of nitrogens with zero attached hydrogens (tertiary/aromatic N) is 3. The van der Waals surface area contributed by atoms with Crippen molar-refractivity contribution in [2.24, 2.45) is 0 Å². The molecule has 1 aromatic heterocycles. The van der Waals surface area contributed by atoms with Crippen LogP contribution in [-0.2, 0) is 21.9 Å². The number of hydrogen-bond acceptors (Lipinski definition) is 8. The topological polar surface area (TPSA) is 92.6 Å². The molecule has 0 radical (unpaired) electrons. The molecule has 0 saturated carbocycles. The van der Waals surface area contributed by atoms with Crippen molar-refractivity contribution in [1.29, 1.82) is 0 Å². The molecule has 0 bridgehead atoms. The molecule has 1 saturated heterocycles. The molecule has 220 valence electrons. The van der Waals surface area contributed by atoms with E-state index in [0.717, 1.165) is 20.3 Å². The highest BCUT2D eigenvalue weighted by atomic mass is 127. The van der Waals surface area contributed by atoms with Gasteiger partial charge >= 0.3 is 5.91 Å². The van der Waals surface area contributed by atoms with E-state index >= 15 is 0 Å². The average Bonchev–Trinajstić information content (AvgIpc) is 3.61. The Bertz CT molecular complexity index is 1840. The summed E-state index contributed by atoms with van der Waals surface area (Å²) in [7, 11) is 0. The summed E-state index contributed by atoms with van der Waals surface area (Å²) in [5.41, 5.74) is 4.42. The minimum Gasteiger partial charge on any atom is -0.507 e. The zero-order valence-corrected chi connectivity index (χ0v) is 27.3. The number of thioether (sulfide) groups is 1. The maximum Gasteiger partial charge on any atom is 0.301 e. The third kappa shape index (κ3) is 6.57. The summed E-state index contributed by atoms with van der Waals surface area (Å²) >= 11 is 4.96. The van der Waals surface area contributed by atoms with E-state index in [-0.39, 0.29) is 11.3 Å².